The number of hydrogen-bond donors (Lipinski definition) is 2. The highest BCUT2D eigenvalue weighted by Gasteiger charge is 2.26. The molecule has 0 fully saturated rings. The van der Waals surface area contributed by atoms with Crippen LogP contribution in [0, 0.1) is 11.3 Å². The van der Waals surface area contributed by atoms with Gasteiger partial charge in [0.15, 0.2) is 6.23 Å². The topological polar surface area (TPSA) is 88.0 Å². The van der Waals surface area contributed by atoms with E-state index in [1.54, 1.807) is 13.8 Å². The van der Waals surface area contributed by atoms with Crippen molar-refractivity contribution >= 4 is 5.97 Å². The molecule has 0 saturated carbocycles. The van der Waals surface area contributed by atoms with E-state index in [4.69, 9.17) is 5.11 Å². The number of carbonyl (C=O) groups excluding carboxylic acids is 1. The van der Waals surface area contributed by atoms with Crippen LogP contribution in [0.2, 0.25) is 0 Å². The highest BCUT2D eigenvalue weighted by Crippen LogP contribution is 2.29. The Bertz CT molecular complexity index is 215. The highest BCUT2D eigenvalue weighted by atomic mass is 16.4. The van der Waals surface area contributed by atoms with Crippen molar-refractivity contribution in [1.29, 1.82) is 0 Å². The summed E-state index contributed by atoms with van der Waals surface area (Å²) in [4.78, 5) is 10.8. The lowest BCUT2D eigenvalue weighted by atomic mass is 9.77. The summed E-state index contributed by atoms with van der Waals surface area (Å²) in [6, 6.07) is 0. The van der Waals surface area contributed by atoms with E-state index >= 15 is 0 Å². The zero-order chi connectivity index (χ0) is 14.8. The lowest BCUT2D eigenvalue weighted by molar-refractivity contribution is -0.482. The lowest BCUT2D eigenvalue weighted by Crippen LogP contribution is -2.60. The number of rotatable bonds is 7. The fourth-order valence-corrected chi connectivity index (χ4v) is 1.26. The van der Waals surface area contributed by atoms with Gasteiger partial charge in [0.2, 0.25) is 0 Å². The zero-order valence-electron chi connectivity index (χ0n) is 12.7. The molecule has 0 bridgehead atoms. The molecule has 0 aromatic heterocycles. The molecule has 0 radical (unpaired) electrons. The van der Waals surface area contributed by atoms with Gasteiger partial charge in [-0.25, -0.2) is 0 Å². The number of carbonyl (C=O) groups is 1. The van der Waals surface area contributed by atoms with Gasteiger partial charge in [-0.3, -0.25) is 0 Å². The van der Waals surface area contributed by atoms with E-state index in [2.05, 4.69) is 12.7 Å². The zero-order valence-corrected chi connectivity index (χ0v) is 12.7. The van der Waals surface area contributed by atoms with Gasteiger partial charge in [0.25, 0.3) is 0 Å². The first kappa shape index (κ1) is 19.7. The van der Waals surface area contributed by atoms with Crippen molar-refractivity contribution in [3.63, 3.8) is 0 Å². The van der Waals surface area contributed by atoms with E-state index in [-0.39, 0.29) is 12.1 Å². The number of carboxylic acid groups (broad SMARTS) is 1. The summed E-state index contributed by atoms with van der Waals surface area (Å²) >= 11 is 0. The summed E-state index contributed by atoms with van der Waals surface area (Å²) in [6.45, 7) is 9.52. The molecule has 18 heavy (non-hydrogen) atoms. The molecule has 0 aliphatic heterocycles. The molecule has 0 saturated heterocycles. The predicted octanol–water partition coefficient (Wildman–Crippen LogP) is 0.936. The molecule has 0 rings (SSSR count). The minimum absolute atomic E-state index is 0.198. The monoisotopic (exact) mass is 261 g/mol. The fraction of sp³-hybridized carbons (Fsp3) is 0.929. The first-order valence-electron chi connectivity index (χ1n) is 6.92. The van der Waals surface area contributed by atoms with E-state index in [0.29, 0.717) is 0 Å². The van der Waals surface area contributed by atoms with Crippen LogP contribution in [0.1, 0.15) is 66.7 Å². The van der Waals surface area contributed by atoms with Gasteiger partial charge in [-0.05, 0) is 12.3 Å². The number of carboxylic acids is 1. The van der Waals surface area contributed by atoms with Gasteiger partial charge in [0.1, 0.15) is 0 Å². The molecule has 0 amide bonds. The molecule has 4 N–H and O–H groups in total. The van der Waals surface area contributed by atoms with E-state index < -0.39 is 11.4 Å². The number of quaternary nitrogens is 1. The molecule has 0 aromatic rings. The van der Waals surface area contributed by atoms with Gasteiger partial charge in [0.05, 0.1) is 0 Å². The van der Waals surface area contributed by atoms with E-state index in [1.807, 2.05) is 13.8 Å². The first-order chi connectivity index (χ1) is 8.19. The van der Waals surface area contributed by atoms with Crippen LogP contribution in [0.5, 0.6) is 0 Å². The third-order valence-corrected chi connectivity index (χ3v) is 3.47. The number of unbranched alkanes of at least 4 members (excludes halogenated alkanes) is 2. The second-order valence-electron chi connectivity index (χ2n) is 5.47. The predicted molar refractivity (Wildman–Crippen MR) is 71.3 cm³/mol. The van der Waals surface area contributed by atoms with E-state index in [1.165, 1.54) is 12.8 Å². The van der Waals surface area contributed by atoms with Crippen molar-refractivity contribution in [3.05, 3.63) is 0 Å². The lowest BCUT2D eigenvalue weighted by Gasteiger charge is -2.32. The molecule has 0 heterocycles. The second kappa shape index (κ2) is 10.3. The molecule has 2 unspecified atom stereocenters. The van der Waals surface area contributed by atoms with Crippen molar-refractivity contribution in [2.24, 2.45) is 11.3 Å². The Morgan fingerprint density at radius 3 is 2.06 bits per heavy atom. The molecule has 110 valence electrons. The minimum atomic E-state index is -0.934. The molecule has 2 atom stereocenters. The summed E-state index contributed by atoms with van der Waals surface area (Å²) < 4.78 is 0. The number of hydrogen-bond acceptors (Lipinski definition) is 3. The third-order valence-electron chi connectivity index (χ3n) is 3.47. The number of aliphatic hydroxyl groups is 1. The Labute approximate surface area is 112 Å². The molecule has 4 nitrogen and oxygen atoms in total. The van der Waals surface area contributed by atoms with Gasteiger partial charge in [-0.1, -0.05) is 53.9 Å². The van der Waals surface area contributed by atoms with Crippen LogP contribution in [0.3, 0.4) is 0 Å². The van der Waals surface area contributed by atoms with Crippen LogP contribution in [0.25, 0.3) is 0 Å². The van der Waals surface area contributed by atoms with Gasteiger partial charge in [-0.15, -0.1) is 0 Å². The Balaban J connectivity index is 0. The van der Waals surface area contributed by atoms with Crippen LogP contribution in [0.15, 0.2) is 0 Å². The van der Waals surface area contributed by atoms with Crippen molar-refractivity contribution in [3.8, 4) is 0 Å². The summed E-state index contributed by atoms with van der Waals surface area (Å²) in [5.41, 5.74) is 2.63. The van der Waals surface area contributed by atoms with Gasteiger partial charge >= 0.3 is 0 Å². The van der Waals surface area contributed by atoms with Crippen LogP contribution in [-0.2, 0) is 4.79 Å². The summed E-state index contributed by atoms with van der Waals surface area (Å²) in [6.07, 6.45) is 4.85. The Hall–Kier alpha value is -0.610. The molecule has 0 aliphatic carbocycles. The van der Waals surface area contributed by atoms with Gasteiger partial charge < -0.3 is 20.7 Å². The molecule has 0 aromatic carbocycles. The number of aliphatic carboxylic acids is 1. The quantitative estimate of drug-likeness (QED) is 0.528. The van der Waals surface area contributed by atoms with Crippen LogP contribution < -0.4 is 10.8 Å². The maximum absolute atomic E-state index is 10.8. The van der Waals surface area contributed by atoms with Gasteiger partial charge in [-0.2, -0.15) is 0 Å². The summed E-state index contributed by atoms with van der Waals surface area (Å²) in [5, 5.41) is 19.0. The normalized spacial score (nSPS) is 14.4. The van der Waals surface area contributed by atoms with Crippen molar-refractivity contribution in [2.75, 3.05) is 0 Å². The average molecular weight is 261 g/mol. The van der Waals surface area contributed by atoms with E-state index in [0.717, 1.165) is 19.3 Å². The Kier molecular flexibility index (Phi) is 11.3. The molecule has 4 heteroatoms. The maximum atomic E-state index is 10.8. The Morgan fingerprint density at radius 1 is 1.33 bits per heavy atom. The largest absolute Gasteiger partial charge is 0.550 e. The maximum Gasteiger partial charge on any atom is 0.185 e. The first-order valence-corrected chi connectivity index (χ1v) is 6.92. The average Bonchev–Trinajstić information content (AvgIpc) is 2.29. The van der Waals surface area contributed by atoms with Gasteiger partial charge in [0, 0.05) is 17.8 Å². The standard InChI is InChI=1S/C11H22O2.C3H9NO/c1-5-6-7-8-9(2)11(3,4)10(12)13;1-2-3(4)5/h9H,5-8H2,1-4H3,(H,12,13);3,5H,2,4H2,1H3. The summed E-state index contributed by atoms with van der Waals surface area (Å²) in [5.74, 6) is -0.736. The number of aliphatic hydroxyl groups excluding tert-OH is 1. The molecule has 0 spiro atoms. The van der Waals surface area contributed by atoms with Crippen LogP contribution in [0.4, 0.5) is 0 Å². The van der Waals surface area contributed by atoms with Crippen LogP contribution in [-0.4, -0.2) is 17.3 Å². The third kappa shape index (κ3) is 9.42. The SMILES string of the molecule is CCC([NH3+])O.CCCCCC(C)C(C)(C)C(=O)[O-]. The molecular weight excluding hydrogens is 230 g/mol. The van der Waals surface area contributed by atoms with E-state index in [9.17, 15) is 9.90 Å². The van der Waals surface area contributed by atoms with Crippen LogP contribution >= 0.6 is 0 Å². The second-order valence-corrected chi connectivity index (χ2v) is 5.47. The molecular formula is C14H31NO3. The summed E-state index contributed by atoms with van der Waals surface area (Å²) in [7, 11) is 0. The van der Waals surface area contributed by atoms with Crippen molar-refractivity contribution in [2.45, 2.75) is 73.0 Å². The van der Waals surface area contributed by atoms with Crippen molar-refractivity contribution in [1.82, 2.24) is 0 Å². The molecule has 0 aliphatic rings. The fourth-order valence-electron chi connectivity index (χ4n) is 1.26. The van der Waals surface area contributed by atoms with Crippen molar-refractivity contribution < 1.29 is 20.7 Å². The highest BCUT2D eigenvalue weighted by molar-refractivity contribution is 5.71. The minimum Gasteiger partial charge on any atom is -0.550 e. The smallest absolute Gasteiger partial charge is 0.185 e. The Morgan fingerprint density at radius 2 is 1.78 bits per heavy atom.